The van der Waals surface area contributed by atoms with Crippen molar-refractivity contribution in [2.24, 2.45) is 0 Å². The molecule has 2 amide bonds. The first-order valence-corrected chi connectivity index (χ1v) is 6.42. The summed E-state index contributed by atoms with van der Waals surface area (Å²) in [6, 6.07) is 9.99. The number of fused-ring (bicyclic) bond motifs is 1. The van der Waals surface area contributed by atoms with Crippen molar-refractivity contribution in [1.82, 2.24) is 9.97 Å². The van der Waals surface area contributed by atoms with Crippen molar-refractivity contribution in [2.45, 2.75) is 6.92 Å². The average Bonchev–Trinajstić information content (AvgIpc) is 2.89. The summed E-state index contributed by atoms with van der Waals surface area (Å²) in [4.78, 5) is 19.0. The predicted molar refractivity (Wildman–Crippen MR) is 81.6 cm³/mol. The maximum Gasteiger partial charge on any atom is 0.323 e. The van der Waals surface area contributed by atoms with Crippen LogP contribution in [0.5, 0.6) is 5.75 Å². The van der Waals surface area contributed by atoms with Gasteiger partial charge in [-0.05, 0) is 42.8 Å². The molecule has 0 atom stereocenters. The van der Waals surface area contributed by atoms with Gasteiger partial charge in [0.2, 0.25) is 0 Å². The number of anilines is 2. The van der Waals surface area contributed by atoms with Gasteiger partial charge in [0.1, 0.15) is 5.75 Å². The fourth-order valence-corrected chi connectivity index (χ4v) is 2.05. The molecular formula is C15H14N4O2. The number of hydrogen-bond acceptors (Lipinski definition) is 3. The van der Waals surface area contributed by atoms with E-state index < -0.39 is 6.03 Å². The van der Waals surface area contributed by atoms with Crippen molar-refractivity contribution < 1.29 is 9.90 Å². The van der Waals surface area contributed by atoms with Crippen LogP contribution in [0.15, 0.2) is 42.7 Å². The molecule has 0 aliphatic rings. The van der Waals surface area contributed by atoms with Gasteiger partial charge in [0.25, 0.3) is 0 Å². The second kappa shape index (κ2) is 5.16. The molecule has 0 spiro atoms. The zero-order chi connectivity index (χ0) is 14.8. The Morgan fingerprint density at radius 1 is 1.19 bits per heavy atom. The lowest BCUT2D eigenvalue weighted by Crippen LogP contribution is -2.19. The highest BCUT2D eigenvalue weighted by Gasteiger charge is 2.07. The molecule has 4 N–H and O–H groups in total. The van der Waals surface area contributed by atoms with Crippen LogP contribution in [0.3, 0.4) is 0 Å². The Kier molecular flexibility index (Phi) is 3.19. The van der Waals surface area contributed by atoms with Crippen LogP contribution < -0.4 is 10.6 Å². The summed E-state index contributed by atoms with van der Waals surface area (Å²) in [7, 11) is 0. The molecular weight excluding hydrogens is 268 g/mol. The number of urea groups is 1. The van der Waals surface area contributed by atoms with E-state index in [0.717, 1.165) is 16.6 Å². The summed E-state index contributed by atoms with van der Waals surface area (Å²) in [5, 5.41) is 15.1. The fraction of sp³-hybridized carbons (Fsp3) is 0.0667. The quantitative estimate of drug-likeness (QED) is 0.544. The summed E-state index contributed by atoms with van der Waals surface area (Å²) >= 11 is 0. The van der Waals surface area contributed by atoms with Crippen LogP contribution in [-0.2, 0) is 0 Å². The van der Waals surface area contributed by atoms with Crippen molar-refractivity contribution in [2.75, 3.05) is 10.6 Å². The number of nitrogens with zero attached hydrogens (tertiary/aromatic N) is 1. The smallest absolute Gasteiger partial charge is 0.323 e. The van der Waals surface area contributed by atoms with Crippen LogP contribution in [0.25, 0.3) is 11.0 Å². The van der Waals surface area contributed by atoms with Gasteiger partial charge in [-0.2, -0.15) is 0 Å². The van der Waals surface area contributed by atoms with Crippen LogP contribution in [0.1, 0.15) is 5.56 Å². The number of nitrogens with one attached hydrogen (secondary N) is 3. The maximum atomic E-state index is 11.9. The van der Waals surface area contributed by atoms with Gasteiger partial charge >= 0.3 is 6.03 Å². The molecule has 0 bridgehead atoms. The molecule has 0 fully saturated rings. The number of carbonyl (C=O) groups excluding carboxylic acids is 1. The first-order valence-electron chi connectivity index (χ1n) is 6.42. The molecule has 21 heavy (non-hydrogen) atoms. The van der Waals surface area contributed by atoms with Gasteiger partial charge in [0.15, 0.2) is 0 Å². The van der Waals surface area contributed by atoms with E-state index in [2.05, 4.69) is 20.6 Å². The summed E-state index contributed by atoms with van der Waals surface area (Å²) in [5.74, 6) is 0.0363. The van der Waals surface area contributed by atoms with E-state index in [1.165, 1.54) is 0 Å². The van der Waals surface area contributed by atoms with E-state index in [-0.39, 0.29) is 5.75 Å². The molecule has 0 radical (unpaired) electrons. The standard InChI is InChI=1S/C15H14N4O2/c1-9-2-4-12(14(20)6-9)19-15(21)18-10-3-5-11-13(7-10)17-8-16-11/h2-8,20H,1H3,(H,16,17)(H2,18,19,21). The average molecular weight is 282 g/mol. The minimum Gasteiger partial charge on any atom is -0.506 e. The zero-order valence-corrected chi connectivity index (χ0v) is 11.3. The number of aromatic amines is 1. The number of aryl methyl sites for hydroxylation is 1. The first kappa shape index (κ1) is 13.0. The van der Waals surface area contributed by atoms with Gasteiger partial charge < -0.3 is 20.7 Å². The van der Waals surface area contributed by atoms with Crippen molar-refractivity contribution in [3.8, 4) is 5.75 Å². The van der Waals surface area contributed by atoms with E-state index in [4.69, 9.17) is 0 Å². The number of benzene rings is 2. The minimum atomic E-state index is -0.423. The third-order valence-corrected chi connectivity index (χ3v) is 3.08. The van der Waals surface area contributed by atoms with Crippen molar-refractivity contribution >= 4 is 28.4 Å². The molecule has 6 nitrogen and oxygen atoms in total. The number of aromatic nitrogens is 2. The van der Waals surface area contributed by atoms with Crippen molar-refractivity contribution in [3.05, 3.63) is 48.3 Å². The molecule has 0 saturated heterocycles. The molecule has 0 aliphatic heterocycles. The Morgan fingerprint density at radius 3 is 2.86 bits per heavy atom. The number of phenolic OH excluding ortho intramolecular Hbond substituents is 1. The first-order chi connectivity index (χ1) is 10.1. The van der Waals surface area contributed by atoms with Gasteiger partial charge in [-0.1, -0.05) is 6.07 Å². The van der Waals surface area contributed by atoms with E-state index >= 15 is 0 Å². The number of imidazole rings is 1. The molecule has 6 heteroatoms. The third-order valence-electron chi connectivity index (χ3n) is 3.08. The highest BCUT2D eigenvalue weighted by Crippen LogP contribution is 2.24. The van der Waals surface area contributed by atoms with Crippen molar-refractivity contribution in [1.29, 1.82) is 0 Å². The SMILES string of the molecule is Cc1ccc(NC(=O)Nc2ccc3nc[nH]c3c2)c(O)c1. The fourth-order valence-electron chi connectivity index (χ4n) is 2.05. The van der Waals surface area contributed by atoms with Gasteiger partial charge in [0, 0.05) is 5.69 Å². The van der Waals surface area contributed by atoms with Gasteiger partial charge in [-0.15, -0.1) is 0 Å². The monoisotopic (exact) mass is 282 g/mol. The molecule has 2 aromatic carbocycles. The highest BCUT2D eigenvalue weighted by molar-refractivity contribution is 6.01. The number of amides is 2. The van der Waals surface area contributed by atoms with E-state index in [1.54, 1.807) is 30.6 Å². The minimum absolute atomic E-state index is 0.0363. The topological polar surface area (TPSA) is 90.0 Å². The summed E-state index contributed by atoms with van der Waals surface area (Å²) in [6.07, 6.45) is 1.60. The lowest BCUT2D eigenvalue weighted by atomic mass is 10.2. The predicted octanol–water partition coefficient (Wildman–Crippen LogP) is 3.22. The second-order valence-corrected chi connectivity index (χ2v) is 4.73. The molecule has 0 unspecified atom stereocenters. The largest absolute Gasteiger partial charge is 0.506 e. The van der Waals surface area contributed by atoms with Gasteiger partial charge in [0.05, 0.1) is 23.0 Å². The Hall–Kier alpha value is -3.02. The molecule has 0 saturated carbocycles. The second-order valence-electron chi connectivity index (χ2n) is 4.73. The molecule has 3 aromatic rings. The summed E-state index contributed by atoms with van der Waals surface area (Å²) in [5.41, 5.74) is 3.59. The summed E-state index contributed by atoms with van der Waals surface area (Å²) in [6.45, 7) is 1.86. The molecule has 0 aliphatic carbocycles. The van der Waals surface area contributed by atoms with Crippen LogP contribution in [-0.4, -0.2) is 21.1 Å². The van der Waals surface area contributed by atoms with Crippen LogP contribution in [0.2, 0.25) is 0 Å². The van der Waals surface area contributed by atoms with Gasteiger partial charge in [-0.25, -0.2) is 9.78 Å². The van der Waals surface area contributed by atoms with E-state index in [0.29, 0.717) is 11.4 Å². The molecule has 3 rings (SSSR count). The number of H-pyrrole nitrogens is 1. The Morgan fingerprint density at radius 2 is 2.05 bits per heavy atom. The van der Waals surface area contributed by atoms with Crippen molar-refractivity contribution in [3.63, 3.8) is 0 Å². The zero-order valence-electron chi connectivity index (χ0n) is 11.3. The van der Waals surface area contributed by atoms with E-state index in [1.807, 2.05) is 19.1 Å². The Balaban J connectivity index is 1.73. The Bertz CT molecular complexity index is 810. The van der Waals surface area contributed by atoms with Crippen LogP contribution >= 0.6 is 0 Å². The third kappa shape index (κ3) is 2.79. The van der Waals surface area contributed by atoms with Crippen LogP contribution in [0, 0.1) is 6.92 Å². The normalized spacial score (nSPS) is 10.5. The number of carbonyl (C=O) groups is 1. The Labute approximate surface area is 120 Å². The number of hydrogen-bond donors (Lipinski definition) is 4. The van der Waals surface area contributed by atoms with E-state index in [9.17, 15) is 9.90 Å². The number of phenols is 1. The molecule has 1 aromatic heterocycles. The maximum absolute atomic E-state index is 11.9. The molecule has 1 heterocycles. The molecule has 106 valence electrons. The van der Waals surface area contributed by atoms with Crippen LogP contribution in [0.4, 0.5) is 16.2 Å². The number of rotatable bonds is 2. The lowest BCUT2D eigenvalue weighted by molar-refractivity contribution is 0.262. The van der Waals surface area contributed by atoms with Gasteiger partial charge in [-0.3, -0.25) is 0 Å². The lowest BCUT2D eigenvalue weighted by Gasteiger charge is -2.09. The highest BCUT2D eigenvalue weighted by atomic mass is 16.3. The number of aromatic hydroxyl groups is 1. The summed E-state index contributed by atoms with van der Waals surface area (Å²) < 4.78 is 0.